The van der Waals surface area contributed by atoms with Crippen molar-refractivity contribution >= 4 is 11.9 Å². The van der Waals surface area contributed by atoms with E-state index in [9.17, 15) is 9.59 Å². The highest BCUT2D eigenvalue weighted by Crippen LogP contribution is 2.27. The van der Waals surface area contributed by atoms with E-state index in [1.165, 1.54) is 5.56 Å². The minimum absolute atomic E-state index is 0.0124. The topological polar surface area (TPSA) is 66.4 Å². The Morgan fingerprint density at radius 3 is 2.35 bits per heavy atom. The van der Waals surface area contributed by atoms with Gasteiger partial charge in [0.1, 0.15) is 0 Å². The maximum atomic E-state index is 11.8. The van der Waals surface area contributed by atoms with Crippen LogP contribution in [-0.2, 0) is 22.4 Å². The summed E-state index contributed by atoms with van der Waals surface area (Å²) in [6.45, 7) is 2.12. The molecule has 1 fully saturated rings. The molecule has 0 radical (unpaired) electrons. The summed E-state index contributed by atoms with van der Waals surface area (Å²) in [4.78, 5) is 22.4. The highest BCUT2D eigenvalue weighted by molar-refractivity contribution is 5.77. The van der Waals surface area contributed by atoms with Gasteiger partial charge in [-0.25, -0.2) is 0 Å². The molecule has 1 amide bonds. The summed E-state index contributed by atoms with van der Waals surface area (Å²) >= 11 is 0. The number of hydrogen-bond acceptors (Lipinski definition) is 2. The van der Waals surface area contributed by atoms with Crippen molar-refractivity contribution in [2.75, 3.05) is 0 Å². The summed E-state index contributed by atoms with van der Waals surface area (Å²) in [5, 5.41) is 11.7. The molecule has 1 aliphatic carbocycles. The van der Waals surface area contributed by atoms with Crippen LogP contribution in [0, 0.1) is 5.92 Å². The maximum Gasteiger partial charge on any atom is 0.306 e. The summed E-state index contributed by atoms with van der Waals surface area (Å²) in [5.41, 5.74) is 2.46. The number of amides is 1. The molecular formula is C16H21NO3. The Morgan fingerprint density at radius 2 is 1.80 bits per heavy atom. The Morgan fingerprint density at radius 1 is 1.20 bits per heavy atom. The molecule has 2 N–H and O–H groups in total. The highest BCUT2D eigenvalue weighted by atomic mass is 16.4. The van der Waals surface area contributed by atoms with Gasteiger partial charge in [-0.05, 0) is 36.8 Å². The van der Waals surface area contributed by atoms with Crippen molar-refractivity contribution in [1.29, 1.82) is 0 Å². The summed E-state index contributed by atoms with van der Waals surface area (Å²) in [7, 11) is 0. The van der Waals surface area contributed by atoms with Crippen LogP contribution in [0.4, 0.5) is 0 Å². The third kappa shape index (κ3) is 3.83. The van der Waals surface area contributed by atoms with Crippen molar-refractivity contribution in [3.05, 3.63) is 35.4 Å². The molecule has 2 rings (SSSR count). The number of carbonyl (C=O) groups is 2. The second-order valence-electron chi connectivity index (χ2n) is 5.44. The molecule has 20 heavy (non-hydrogen) atoms. The Kier molecular flexibility index (Phi) is 4.77. The number of carboxylic acid groups (broad SMARTS) is 1. The molecule has 4 nitrogen and oxygen atoms in total. The van der Waals surface area contributed by atoms with Gasteiger partial charge < -0.3 is 10.4 Å². The van der Waals surface area contributed by atoms with Gasteiger partial charge in [0, 0.05) is 12.5 Å². The second kappa shape index (κ2) is 6.55. The first kappa shape index (κ1) is 14.6. The molecule has 1 aromatic rings. The Balaban J connectivity index is 1.69. The van der Waals surface area contributed by atoms with E-state index in [0.717, 1.165) is 18.4 Å². The summed E-state index contributed by atoms with van der Waals surface area (Å²) in [6, 6.07) is 8.37. The van der Waals surface area contributed by atoms with Crippen molar-refractivity contribution in [1.82, 2.24) is 5.32 Å². The van der Waals surface area contributed by atoms with Crippen LogP contribution in [0.25, 0.3) is 0 Å². The number of hydrogen-bond donors (Lipinski definition) is 2. The Labute approximate surface area is 119 Å². The van der Waals surface area contributed by atoms with Crippen LogP contribution in [-0.4, -0.2) is 23.0 Å². The molecule has 0 bridgehead atoms. The molecule has 108 valence electrons. The van der Waals surface area contributed by atoms with Gasteiger partial charge in [-0.3, -0.25) is 9.59 Å². The third-order valence-corrected chi connectivity index (χ3v) is 3.92. The highest BCUT2D eigenvalue weighted by Gasteiger charge is 2.34. The predicted octanol–water partition coefficient (Wildman–Crippen LogP) is 2.16. The van der Waals surface area contributed by atoms with Crippen LogP contribution in [0.1, 0.15) is 37.3 Å². The third-order valence-electron chi connectivity index (χ3n) is 3.92. The second-order valence-corrected chi connectivity index (χ2v) is 5.44. The number of carbonyl (C=O) groups excluding carboxylic acids is 1. The van der Waals surface area contributed by atoms with Crippen molar-refractivity contribution in [2.45, 2.75) is 45.1 Å². The average molecular weight is 275 g/mol. The molecule has 0 spiro atoms. The van der Waals surface area contributed by atoms with Crippen molar-refractivity contribution < 1.29 is 14.7 Å². The maximum absolute atomic E-state index is 11.8. The molecule has 0 atom stereocenters. The number of nitrogens with one attached hydrogen (secondary N) is 1. The molecule has 0 aliphatic heterocycles. The lowest BCUT2D eigenvalue weighted by atomic mass is 9.80. The van der Waals surface area contributed by atoms with E-state index in [1.54, 1.807) is 0 Å². The van der Waals surface area contributed by atoms with Gasteiger partial charge in [-0.1, -0.05) is 31.2 Å². The lowest BCUT2D eigenvalue weighted by Crippen LogP contribution is -2.46. The first-order valence-corrected chi connectivity index (χ1v) is 7.18. The SMILES string of the molecule is CCc1ccc(CCC(=O)NC2CC(C(=O)O)C2)cc1. The Hall–Kier alpha value is -1.84. The first-order chi connectivity index (χ1) is 9.58. The lowest BCUT2D eigenvalue weighted by Gasteiger charge is -2.32. The van der Waals surface area contributed by atoms with Crippen molar-refractivity contribution in [2.24, 2.45) is 5.92 Å². The van der Waals surface area contributed by atoms with E-state index in [2.05, 4.69) is 36.5 Å². The van der Waals surface area contributed by atoms with Gasteiger partial charge in [0.2, 0.25) is 5.91 Å². The number of aryl methyl sites for hydroxylation is 2. The fourth-order valence-electron chi connectivity index (χ4n) is 2.44. The average Bonchev–Trinajstić information content (AvgIpc) is 2.40. The zero-order valence-electron chi connectivity index (χ0n) is 11.8. The standard InChI is InChI=1S/C16H21NO3/c1-2-11-3-5-12(6-4-11)7-8-15(18)17-14-9-13(10-14)16(19)20/h3-6,13-14H,2,7-10H2,1H3,(H,17,18)(H,19,20). The van der Waals surface area contributed by atoms with Crippen LogP contribution in [0.2, 0.25) is 0 Å². The fraction of sp³-hybridized carbons (Fsp3) is 0.500. The monoisotopic (exact) mass is 275 g/mol. The first-order valence-electron chi connectivity index (χ1n) is 7.18. The quantitative estimate of drug-likeness (QED) is 0.836. The van der Waals surface area contributed by atoms with Crippen LogP contribution < -0.4 is 5.32 Å². The Bertz CT molecular complexity index is 475. The van der Waals surface area contributed by atoms with E-state index in [-0.39, 0.29) is 17.9 Å². The fourth-order valence-corrected chi connectivity index (χ4v) is 2.44. The van der Waals surface area contributed by atoms with E-state index in [0.29, 0.717) is 19.3 Å². The summed E-state index contributed by atoms with van der Waals surface area (Å²) in [5.74, 6) is -1.02. The molecular weight excluding hydrogens is 254 g/mol. The number of carboxylic acids is 1. The van der Waals surface area contributed by atoms with Gasteiger partial charge in [-0.15, -0.1) is 0 Å². The number of aliphatic carboxylic acids is 1. The molecule has 0 heterocycles. The molecule has 1 aliphatic rings. The lowest BCUT2D eigenvalue weighted by molar-refractivity contribution is -0.146. The molecule has 1 aromatic carbocycles. The predicted molar refractivity (Wildman–Crippen MR) is 76.4 cm³/mol. The molecule has 0 aromatic heterocycles. The molecule has 1 saturated carbocycles. The smallest absolute Gasteiger partial charge is 0.306 e. The van der Waals surface area contributed by atoms with Crippen LogP contribution in [0.15, 0.2) is 24.3 Å². The number of benzene rings is 1. The summed E-state index contributed by atoms with van der Waals surface area (Å²) in [6.07, 6.45) is 3.33. The van der Waals surface area contributed by atoms with Gasteiger partial charge >= 0.3 is 5.97 Å². The minimum Gasteiger partial charge on any atom is -0.481 e. The number of rotatable bonds is 6. The van der Waals surface area contributed by atoms with Gasteiger partial charge in [0.15, 0.2) is 0 Å². The van der Waals surface area contributed by atoms with Crippen LogP contribution in [0.5, 0.6) is 0 Å². The van der Waals surface area contributed by atoms with E-state index >= 15 is 0 Å². The normalized spacial score (nSPS) is 21.1. The van der Waals surface area contributed by atoms with Crippen LogP contribution >= 0.6 is 0 Å². The van der Waals surface area contributed by atoms with Gasteiger partial charge in [0.05, 0.1) is 5.92 Å². The summed E-state index contributed by atoms with van der Waals surface area (Å²) < 4.78 is 0. The minimum atomic E-state index is -0.758. The van der Waals surface area contributed by atoms with Crippen LogP contribution in [0.3, 0.4) is 0 Å². The molecule has 4 heteroatoms. The van der Waals surface area contributed by atoms with Gasteiger partial charge in [-0.2, -0.15) is 0 Å². The molecule has 0 unspecified atom stereocenters. The van der Waals surface area contributed by atoms with E-state index in [1.807, 2.05) is 0 Å². The molecule has 0 saturated heterocycles. The largest absolute Gasteiger partial charge is 0.481 e. The van der Waals surface area contributed by atoms with Crippen molar-refractivity contribution in [3.63, 3.8) is 0 Å². The zero-order chi connectivity index (χ0) is 14.5. The van der Waals surface area contributed by atoms with Gasteiger partial charge in [0.25, 0.3) is 0 Å². The van der Waals surface area contributed by atoms with E-state index < -0.39 is 5.97 Å². The van der Waals surface area contributed by atoms with Crippen molar-refractivity contribution in [3.8, 4) is 0 Å². The van der Waals surface area contributed by atoms with E-state index in [4.69, 9.17) is 5.11 Å². The zero-order valence-corrected chi connectivity index (χ0v) is 11.8.